The van der Waals surface area contributed by atoms with Crippen LogP contribution >= 0.6 is 0 Å². The van der Waals surface area contributed by atoms with Gasteiger partial charge in [-0.25, -0.2) is 18.4 Å². The summed E-state index contributed by atoms with van der Waals surface area (Å²) in [5.74, 6) is 1.85. The molecule has 0 unspecified atom stereocenters. The van der Waals surface area contributed by atoms with Gasteiger partial charge >= 0.3 is 0 Å². The van der Waals surface area contributed by atoms with E-state index in [1.54, 1.807) is 12.3 Å². The first-order valence-corrected chi connectivity index (χ1v) is 14.0. The normalized spacial score (nSPS) is 20.3. The van der Waals surface area contributed by atoms with Crippen LogP contribution in [0.15, 0.2) is 30.7 Å². The van der Waals surface area contributed by atoms with Gasteiger partial charge in [0.2, 0.25) is 15.9 Å². The number of nitrogens with one attached hydrogen (secondary N) is 2. The minimum Gasteiger partial charge on any atom is -0.474 e. The quantitative estimate of drug-likeness (QED) is 0.467. The van der Waals surface area contributed by atoms with Crippen LogP contribution in [0.1, 0.15) is 31.4 Å². The fourth-order valence-corrected chi connectivity index (χ4v) is 5.09. The molecule has 13 heteroatoms. The number of fused-ring (bicyclic) bond motifs is 1. The average molecular weight is 525 g/mol. The summed E-state index contributed by atoms with van der Waals surface area (Å²) in [6.45, 7) is 2.70. The van der Waals surface area contributed by atoms with Crippen molar-refractivity contribution in [1.29, 1.82) is 5.26 Å². The third-order valence-electron chi connectivity index (χ3n) is 6.34. The number of sulfonamides is 1. The minimum absolute atomic E-state index is 0.0488. The highest BCUT2D eigenvalue weighted by Crippen LogP contribution is 2.33. The maximum absolute atomic E-state index is 11.8. The Morgan fingerprint density at radius 2 is 1.86 bits per heavy atom. The number of ether oxygens (including phenoxy) is 2. The zero-order valence-electron chi connectivity index (χ0n) is 20.4. The molecule has 3 aromatic heterocycles. The van der Waals surface area contributed by atoms with Gasteiger partial charge in [0.25, 0.3) is 0 Å². The Balaban J connectivity index is 1.33. The number of anilines is 3. The number of morpholine rings is 1. The molecule has 5 rings (SSSR count). The van der Waals surface area contributed by atoms with Crippen LogP contribution in [0.25, 0.3) is 10.9 Å². The molecule has 37 heavy (non-hydrogen) atoms. The highest BCUT2D eigenvalue weighted by Gasteiger charge is 2.25. The number of nitriles is 1. The van der Waals surface area contributed by atoms with Crippen molar-refractivity contribution in [2.24, 2.45) is 0 Å². The van der Waals surface area contributed by atoms with Gasteiger partial charge in [0.1, 0.15) is 23.8 Å². The summed E-state index contributed by atoms with van der Waals surface area (Å²) in [5, 5.41) is 12.9. The second-order valence-electron chi connectivity index (χ2n) is 9.18. The molecular formula is C24H28N8O4S. The van der Waals surface area contributed by atoms with Crippen molar-refractivity contribution in [2.75, 3.05) is 47.5 Å². The van der Waals surface area contributed by atoms with Gasteiger partial charge in [-0.15, -0.1) is 0 Å². The second-order valence-corrected chi connectivity index (χ2v) is 10.9. The molecule has 0 bridgehead atoms. The van der Waals surface area contributed by atoms with Crippen molar-refractivity contribution in [3.05, 3.63) is 36.4 Å². The minimum atomic E-state index is -3.45. The molecule has 0 amide bonds. The Labute approximate surface area is 215 Å². The second kappa shape index (κ2) is 10.7. The van der Waals surface area contributed by atoms with E-state index < -0.39 is 10.0 Å². The lowest BCUT2D eigenvalue weighted by atomic mass is 9.93. The fraction of sp³-hybridized carbons (Fsp3) is 0.458. The van der Waals surface area contributed by atoms with Crippen LogP contribution in [0.3, 0.4) is 0 Å². The number of nitrogens with zero attached hydrogens (tertiary/aromatic N) is 6. The van der Waals surface area contributed by atoms with Crippen molar-refractivity contribution in [3.63, 3.8) is 0 Å². The lowest BCUT2D eigenvalue weighted by Gasteiger charge is -2.31. The predicted octanol–water partition coefficient (Wildman–Crippen LogP) is 2.30. The van der Waals surface area contributed by atoms with Gasteiger partial charge in [-0.2, -0.15) is 10.2 Å². The largest absolute Gasteiger partial charge is 0.474 e. The third-order valence-corrected chi connectivity index (χ3v) is 6.95. The van der Waals surface area contributed by atoms with Crippen LogP contribution in [0.5, 0.6) is 5.88 Å². The maximum Gasteiger partial charge on any atom is 0.229 e. The van der Waals surface area contributed by atoms with Crippen molar-refractivity contribution in [2.45, 2.75) is 37.8 Å². The summed E-state index contributed by atoms with van der Waals surface area (Å²) in [7, 11) is -3.45. The first-order chi connectivity index (χ1) is 17.9. The highest BCUT2D eigenvalue weighted by molar-refractivity contribution is 7.92. The Morgan fingerprint density at radius 3 is 2.54 bits per heavy atom. The molecule has 12 nitrogen and oxygen atoms in total. The van der Waals surface area contributed by atoms with E-state index in [-0.39, 0.29) is 17.8 Å². The fourth-order valence-electron chi connectivity index (χ4n) is 4.55. The molecular weight excluding hydrogens is 496 g/mol. The molecule has 4 heterocycles. The highest BCUT2D eigenvalue weighted by atomic mass is 32.2. The Bertz CT molecular complexity index is 1400. The zero-order valence-corrected chi connectivity index (χ0v) is 21.2. The topological polar surface area (TPSA) is 155 Å². The third kappa shape index (κ3) is 6.33. The van der Waals surface area contributed by atoms with Gasteiger partial charge in [0.05, 0.1) is 54.7 Å². The lowest BCUT2D eigenvalue weighted by molar-refractivity contribution is 0.122. The molecule has 0 radical (unpaired) electrons. The van der Waals surface area contributed by atoms with E-state index in [1.807, 2.05) is 12.1 Å². The van der Waals surface area contributed by atoms with Gasteiger partial charge in [0.15, 0.2) is 5.69 Å². The zero-order chi connectivity index (χ0) is 25.8. The van der Waals surface area contributed by atoms with Gasteiger partial charge in [-0.1, -0.05) is 0 Å². The number of pyridine rings is 2. The van der Waals surface area contributed by atoms with E-state index in [4.69, 9.17) is 19.7 Å². The van der Waals surface area contributed by atoms with Crippen molar-refractivity contribution < 1.29 is 17.9 Å². The van der Waals surface area contributed by atoms with Gasteiger partial charge in [0, 0.05) is 25.2 Å². The standard InChI is InChI=1S/C24H28N8O4S/c1-37(33,34)31-17-10-20-21(27-13-17)11-23(32-6-8-35-9-7-32)30-24(20)36-19-4-2-16(3-5-19)29-22-15-26-18(12-25)14-28-22/h10-11,13-16,19,31H,2-9H2,1H3,(H,28,29). The molecule has 1 saturated heterocycles. The first-order valence-electron chi connectivity index (χ1n) is 12.1. The lowest BCUT2D eigenvalue weighted by Crippen LogP contribution is -2.37. The molecule has 0 aromatic carbocycles. The van der Waals surface area contributed by atoms with E-state index in [2.05, 4.69) is 29.9 Å². The summed E-state index contributed by atoms with van der Waals surface area (Å²) in [6, 6.07) is 5.80. The van der Waals surface area contributed by atoms with E-state index in [0.29, 0.717) is 41.5 Å². The number of rotatable bonds is 7. The average Bonchev–Trinajstić information content (AvgIpc) is 2.90. The molecule has 1 aliphatic carbocycles. The van der Waals surface area contributed by atoms with Gasteiger partial charge < -0.3 is 19.7 Å². The monoisotopic (exact) mass is 524 g/mol. The molecule has 2 aliphatic rings. The predicted molar refractivity (Wildman–Crippen MR) is 138 cm³/mol. The van der Waals surface area contributed by atoms with Crippen LogP contribution in [-0.4, -0.2) is 73.1 Å². The van der Waals surface area contributed by atoms with Crippen molar-refractivity contribution in [1.82, 2.24) is 19.9 Å². The van der Waals surface area contributed by atoms with E-state index >= 15 is 0 Å². The molecule has 1 saturated carbocycles. The van der Waals surface area contributed by atoms with Crippen LogP contribution in [0.4, 0.5) is 17.3 Å². The summed E-state index contributed by atoms with van der Waals surface area (Å²) in [6.07, 6.45) is 8.93. The Morgan fingerprint density at radius 1 is 1.08 bits per heavy atom. The van der Waals surface area contributed by atoms with Crippen molar-refractivity contribution >= 4 is 38.2 Å². The molecule has 0 spiro atoms. The van der Waals surface area contributed by atoms with Gasteiger partial charge in [-0.05, 0) is 31.7 Å². The van der Waals surface area contributed by atoms with Crippen LogP contribution < -0.4 is 19.7 Å². The SMILES string of the molecule is CS(=O)(=O)Nc1cnc2cc(N3CCOCC3)nc(OC3CCC(Nc4cnc(C#N)cn4)CC3)c2c1. The maximum atomic E-state index is 11.8. The van der Waals surface area contributed by atoms with Crippen LogP contribution in [0.2, 0.25) is 0 Å². The summed E-state index contributed by atoms with van der Waals surface area (Å²) in [4.78, 5) is 19.8. The smallest absolute Gasteiger partial charge is 0.229 e. The number of aromatic nitrogens is 4. The van der Waals surface area contributed by atoms with E-state index in [1.165, 1.54) is 12.4 Å². The molecule has 194 valence electrons. The van der Waals surface area contributed by atoms with E-state index in [9.17, 15) is 8.42 Å². The number of hydrogen-bond acceptors (Lipinski definition) is 11. The summed E-state index contributed by atoms with van der Waals surface area (Å²) < 4.78 is 37.9. The molecule has 2 N–H and O–H groups in total. The molecule has 3 aromatic rings. The number of hydrogen-bond donors (Lipinski definition) is 2. The Kier molecular flexibility index (Phi) is 7.20. The van der Waals surface area contributed by atoms with Crippen LogP contribution in [0, 0.1) is 11.3 Å². The first kappa shape index (κ1) is 24.9. The van der Waals surface area contributed by atoms with Gasteiger partial charge in [-0.3, -0.25) is 9.71 Å². The van der Waals surface area contributed by atoms with Crippen molar-refractivity contribution in [3.8, 4) is 11.9 Å². The van der Waals surface area contributed by atoms with Crippen LogP contribution in [-0.2, 0) is 14.8 Å². The molecule has 0 atom stereocenters. The summed E-state index contributed by atoms with van der Waals surface area (Å²) in [5.41, 5.74) is 1.32. The summed E-state index contributed by atoms with van der Waals surface area (Å²) >= 11 is 0. The molecule has 2 fully saturated rings. The van der Waals surface area contributed by atoms with E-state index in [0.717, 1.165) is 50.8 Å². The molecule has 1 aliphatic heterocycles. The Hall–Kier alpha value is -3.76.